The van der Waals surface area contributed by atoms with Crippen LogP contribution >= 0.6 is 0 Å². The van der Waals surface area contributed by atoms with Crippen LogP contribution in [0.25, 0.3) is 0 Å². The first-order valence-corrected chi connectivity index (χ1v) is 6.95. The molecule has 0 fully saturated rings. The zero-order valence-electron chi connectivity index (χ0n) is 12.2. The second-order valence-electron chi connectivity index (χ2n) is 5.49. The van der Waals surface area contributed by atoms with E-state index in [-0.39, 0.29) is 11.8 Å². The van der Waals surface area contributed by atoms with Crippen molar-refractivity contribution in [3.8, 4) is 0 Å². The average Bonchev–Trinajstić information content (AvgIpc) is 2.91. The van der Waals surface area contributed by atoms with Crippen LogP contribution in [0.4, 0.5) is 5.95 Å². The molecular formula is C16H21N3O. The molecule has 1 amide bonds. The highest BCUT2D eigenvalue weighted by molar-refractivity contribution is 5.94. The topological polar surface area (TPSA) is 57.8 Å². The predicted octanol–water partition coefficient (Wildman–Crippen LogP) is 3.35. The third-order valence-corrected chi connectivity index (χ3v) is 3.26. The fraction of sp³-hybridized carbons (Fsp3) is 0.375. The molecule has 20 heavy (non-hydrogen) atoms. The van der Waals surface area contributed by atoms with E-state index in [0.717, 1.165) is 12.0 Å². The molecule has 4 nitrogen and oxygen atoms in total. The number of nitrogens with zero attached hydrogens (tertiary/aromatic N) is 1. The molecule has 1 atom stereocenters. The molecule has 1 aromatic carbocycles. The Morgan fingerprint density at radius 2 is 1.95 bits per heavy atom. The van der Waals surface area contributed by atoms with Crippen molar-refractivity contribution in [3.63, 3.8) is 0 Å². The standard InChI is InChI=1S/C16H21N3O/c1-11(2)10-13-4-6-14(7-5-13)12(3)15(20)19-16-17-8-9-18-16/h4-9,11-12H,10H2,1-3H3,(H2,17,18,19,20)/t12-/m0/s1. The first-order chi connectivity index (χ1) is 9.56. The van der Waals surface area contributed by atoms with Crippen LogP contribution in [0, 0.1) is 5.92 Å². The zero-order valence-corrected chi connectivity index (χ0v) is 12.2. The minimum atomic E-state index is -0.201. The van der Waals surface area contributed by atoms with E-state index in [0.29, 0.717) is 11.9 Å². The van der Waals surface area contributed by atoms with E-state index in [9.17, 15) is 4.79 Å². The van der Waals surface area contributed by atoms with Crippen LogP contribution in [0.15, 0.2) is 36.7 Å². The summed E-state index contributed by atoms with van der Waals surface area (Å²) in [6.07, 6.45) is 4.36. The van der Waals surface area contributed by atoms with Gasteiger partial charge in [0.1, 0.15) is 0 Å². The fourth-order valence-electron chi connectivity index (χ4n) is 2.12. The quantitative estimate of drug-likeness (QED) is 0.876. The summed E-state index contributed by atoms with van der Waals surface area (Å²) in [5.74, 6) is 0.864. The van der Waals surface area contributed by atoms with E-state index >= 15 is 0 Å². The van der Waals surface area contributed by atoms with Crippen molar-refractivity contribution >= 4 is 11.9 Å². The van der Waals surface area contributed by atoms with Crippen molar-refractivity contribution in [1.29, 1.82) is 0 Å². The molecule has 0 bridgehead atoms. The maximum Gasteiger partial charge on any atom is 0.233 e. The zero-order chi connectivity index (χ0) is 14.5. The molecule has 1 heterocycles. The van der Waals surface area contributed by atoms with E-state index in [2.05, 4.69) is 41.3 Å². The molecule has 2 aromatic rings. The number of H-pyrrole nitrogens is 1. The van der Waals surface area contributed by atoms with Gasteiger partial charge in [-0.25, -0.2) is 4.98 Å². The van der Waals surface area contributed by atoms with Gasteiger partial charge in [0.15, 0.2) is 0 Å². The molecule has 2 N–H and O–H groups in total. The smallest absolute Gasteiger partial charge is 0.233 e. The van der Waals surface area contributed by atoms with Crippen LogP contribution in [0.5, 0.6) is 0 Å². The number of nitrogens with one attached hydrogen (secondary N) is 2. The SMILES string of the molecule is CC(C)Cc1ccc([C@H](C)C(=O)Nc2ncc[nH]2)cc1. The fourth-order valence-corrected chi connectivity index (χ4v) is 2.12. The number of amides is 1. The molecule has 0 radical (unpaired) electrons. The number of imidazole rings is 1. The first kappa shape index (κ1) is 14.3. The minimum Gasteiger partial charge on any atom is -0.331 e. The summed E-state index contributed by atoms with van der Waals surface area (Å²) in [5, 5.41) is 2.76. The second-order valence-corrected chi connectivity index (χ2v) is 5.49. The highest BCUT2D eigenvalue weighted by Crippen LogP contribution is 2.18. The van der Waals surface area contributed by atoms with Gasteiger partial charge in [-0.3, -0.25) is 10.1 Å². The highest BCUT2D eigenvalue weighted by Gasteiger charge is 2.16. The Morgan fingerprint density at radius 3 is 2.50 bits per heavy atom. The van der Waals surface area contributed by atoms with Crippen molar-refractivity contribution < 1.29 is 4.79 Å². The van der Waals surface area contributed by atoms with E-state index in [1.807, 2.05) is 19.1 Å². The van der Waals surface area contributed by atoms with Crippen LogP contribution in [0.3, 0.4) is 0 Å². The summed E-state index contributed by atoms with van der Waals surface area (Å²) in [5.41, 5.74) is 2.32. The van der Waals surface area contributed by atoms with E-state index in [4.69, 9.17) is 0 Å². The molecule has 106 valence electrons. The first-order valence-electron chi connectivity index (χ1n) is 6.95. The lowest BCUT2D eigenvalue weighted by molar-refractivity contribution is -0.117. The number of anilines is 1. The van der Waals surface area contributed by atoms with E-state index in [1.54, 1.807) is 12.4 Å². The van der Waals surface area contributed by atoms with Crippen LogP contribution in [-0.4, -0.2) is 15.9 Å². The number of hydrogen-bond acceptors (Lipinski definition) is 2. The van der Waals surface area contributed by atoms with Gasteiger partial charge in [0.2, 0.25) is 11.9 Å². The monoisotopic (exact) mass is 271 g/mol. The van der Waals surface area contributed by atoms with Crippen LogP contribution in [0.1, 0.15) is 37.8 Å². The number of hydrogen-bond donors (Lipinski definition) is 2. The van der Waals surface area contributed by atoms with E-state index in [1.165, 1.54) is 5.56 Å². The summed E-state index contributed by atoms with van der Waals surface area (Å²) in [7, 11) is 0. The van der Waals surface area contributed by atoms with Crippen LogP contribution in [-0.2, 0) is 11.2 Å². The van der Waals surface area contributed by atoms with Gasteiger partial charge in [0.25, 0.3) is 0 Å². The lowest BCUT2D eigenvalue weighted by Gasteiger charge is -2.12. The molecule has 0 saturated heterocycles. The van der Waals surface area contributed by atoms with Gasteiger partial charge >= 0.3 is 0 Å². The highest BCUT2D eigenvalue weighted by atomic mass is 16.2. The number of carbonyl (C=O) groups is 1. The molecule has 0 aliphatic rings. The van der Waals surface area contributed by atoms with Gasteiger partial charge in [-0.1, -0.05) is 38.1 Å². The molecule has 0 spiro atoms. The minimum absolute atomic E-state index is 0.0587. The maximum absolute atomic E-state index is 12.1. The number of aromatic amines is 1. The third kappa shape index (κ3) is 3.70. The Labute approximate surface area is 119 Å². The lowest BCUT2D eigenvalue weighted by Crippen LogP contribution is -2.19. The Morgan fingerprint density at radius 1 is 1.25 bits per heavy atom. The van der Waals surface area contributed by atoms with Crippen molar-refractivity contribution in [2.24, 2.45) is 5.92 Å². The van der Waals surface area contributed by atoms with Gasteiger partial charge in [0.05, 0.1) is 5.92 Å². The van der Waals surface area contributed by atoms with Gasteiger partial charge in [-0.15, -0.1) is 0 Å². The maximum atomic E-state index is 12.1. The number of carbonyl (C=O) groups excluding carboxylic acids is 1. The van der Waals surface area contributed by atoms with Gasteiger partial charge in [0, 0.05) is 12.4 Å². The Bertz CT molecular complexity index is 544. The van der Waals surface area contributed by atoms with Gasteiger partial charge in [-0.2, -0.15) is 0 Å². The molecule has 0 aliphatic heterocycles. The molecule has 0 saturated carbocycles. The summed E-state index contributed by atoms with van der Waals surface area (Å²) in [4.78, 5) is 19.0. The van der Waals surface area contributed by atoms with Crippen molar-refractivity contribution in [2.45, 2.75) is 33.1 Å². The summed E-state index contributed by atoms with van der Waals surface area (Å²) >= 11 is 0. The van der Waals surface area contributed by atoms with Crippen molar-refractivity contribution in [3.05, 3.63) is 47.8 Å². The molecule has 1 aromatic heterocycles. The number of benzene rings is 1. The van der Waals surface area contributed by atoms with Gasteiger partial charge < -0.3 is 4.98 Å². The molecular weight excluding hydrogens is 250 g/mol. The lowest BCUT2D eigenvalue weighted by atomic mass is 9.96. The van der Waals surface area contributed by atoms with Crippen LogP contribution in [0.2, 0.25) is 0 Å². The predicted molar refractivity (Wildman–Crippen MR) is 80.6 cm³/mol. The number of rotatable bonds is 5. The summed E-state index contributed by atoms with van der Waals surface area (Å²) < 4.78 is 0. The molecule has 4 heteroatoms. The summed E-state index contributed by atoms with van der Waals surface area (Å²) in [6.45, 7) is 6.30. The Balaban J connectivity index is 2.01. The third-order valence-electron chi connectivity index (χ3n) is 3.26. The molecule has 0 unspecified atom stereocenters. The van der Waals surface area contributed by atoms with Crippen molar-refractivity contribution in [2.75, 3.05) is 5.32 Å². The largest absolute Gasteiger partial charge is 0.331 e. The van der Waals surface area contributed by atoms with Gasteiger partial charge in [-0.05, 0) is 30.4 Å². The molecule has 2 rings (SSSR count). The van der Waals surface area contributed by atoms with E-state index < -0.39 is 0 Å². The van der Waals surface area contributed by atoms with Crippen molar-refractivity contribution in [1.82, 2.24) is 9.97 Å². The average molecular weight is 271 g/mol. The summed E-state index contributed by atoms with van der Waals surface area (Å²) in [6, 6.07) is 8.27. The Hall–Kier alpha value is -2.10. The molecule has 0 aliphatic carbocycles. The second kappa shape index (κ2) is 6.37. The normalized spacial score (nSPS) is 12.4. The van der Waals surface area contributed by atoms with Crippen LogP contribution < -0.4 is 5.32 Å². The number of aromatic nitrogens is 2. The Kier molecular flexibility index (Phi) is 4.56.